The van der Waals surface area contributed by atoms with Crippen molar-refractivity contribution in [2.45, 2.75) is 44.4 Å². The number of ether oxygens (including phenoxy) is 5. The van der Waals surface area contributed by atoms with Gasteiger partial charge in [0.15, 0.2) is 22.4 Å². The minimum absolute atomic E-state index is 0. The summed E-state index contributed by atoms with van der Waals surface area (Å²) in [4.78, 5) is 12.2. The number of H-pyrrole nitrogens is 1. The first-order chi connectivity index (χ1) is 16.3. The molecule has 2 aromatic heterocycles. The summed E-state index contributed by atoms with van der Waals surface area (Å²) >= 11 is 0. The summed E-state index contributed by atoms with van der Waals surface area (Å²) in [7, 11) is -1.42. The number of rotatable bonds is 6. The predicted molar refractivity (Wildman–Crippen MR) is 127 cm³/mol. The van der Waals surface area contributed by atoms with Crippen LogP contribution in [0.2, 0.25) is 0 Å². The Labute approximate surface area is 230 Å². The average Bonchev–Trinajstić information content (AvgIpc) is 3.23. The molecule has 0 amide bonds. The maximum Gasteiger partial charge on any atom is 1.00 e. The summed E-state index contributed by atoms with van der Waals surface area (Å²) in [6, 6.07) is 3.64. The van der Waals surface area contributed by atoms with E-state index in [-0.39, 0.29) is 42.7 Å². The van der Waals surface area contributed by atoms with E-state index in [9.17, 15) is 4.21 Å². The van der Waals surface area contributed by atoms with Crippen molar-refractivity contribution >= 4 is 21.8 Å². The maximum absolute atomic E-state index is 13.2. The fraction of sp³-hybridized carbons (Fsp3) is 0.500. The van der Waals surface area contributed by atoms with E-state index in [0.29, 0.717) is 60.9 Å². The maximum atomic E-state index is 13.2. The van der Waals surface area contributed by atoms with Crippen LogP contribution in [0.15, 0.2) is 23.5 Å². The van der Waals surface area contributed by atoms with Gasteiger partial charge in [-0.2, -0.15) is 0 Å². The molecule has 184 valence electrons. The van der Waals surface area contributed by atoms with Crippen LogP contribution in [0.4, 0.5) is 0 Å². The molecule has 1 N–H and O–H groups in total. The Morgan fingerprint density at radius 1 is 1.17 bits per heavy atom. The standard InChI is InChI=1S/C24H29N3O6S.Na.H/c1-14-9-25-19(15(2)22(14)31-10-16-11-32-24(3,4)33-12-16)13-34(28)23-26-17-7-20-21(8-18(17)27-23)30-6-5-29-20;;/h7-9,16H,5-6,10-13H2,1-4H3,(H,26,27);;/q;+1;-1. The molecule has 0 saturated carbocycles. The van der Waals surface area contributed by atoms with Crippen molar-refractivity contribution in [2.75, 3.05) is 33.0 Å². The third-order valence-corrected chi connectivity index (χ3v) is 7.11. The number of aryl methyl sites for hydroxylation is 1. The zero-order valence-electron chi connectivity index (χ0n) is 21.8. The Kier molecular flexibility index (Phi) is 8.09. The number of nitrogens with one attached hydrogen (secondary N) is 1. The molecule has 0 bridgehead atoms. The smallest absolute Gasteiger partial charge is 1.00 e. The Morgan fingerprint density at radius 3 is 2.57 bits per heavy atom. The van der Waals surface area contributed by atoms with Crippen LogP contribution in [0.5, 0.6) is 17.2 Å². The van der Waals surface area contributed by atoms with Crippen LogP contribution < -0.4 is 43.8 Å². The molecule has 4 heterocycles. The minimum atomic E-state index is -1.42. The molecule has 1 fully saturated rings. The van der Waals surface area contributed by atoms with Crippen LogP contribution in [-0.2, 0) is 26.0 Å². The van der Waals surface area contributed by atoms with E-state index in [1.807, 2.05) is 39.8 Å². The Hall–Kier alpha value is -1.69. The second kappa shape index (κ2) is 10.7. The van der Waals surface area contributed by atoms with Crippen LogP contribution >= 0.6 is 0 Å². The van der Waals surface area contributed by atoms with Gasteiger partial charge in [0.1, 0.15) is 19.0 Å². The van der Waals surface area contributed by atoms with Crippen LogP contribution in [0, 0.1) is 19.8 Å². The second-order valence-electron chi connectivity index (χ2n) is 9.09. The summed E-state index contributed by atoms with van der Waals surface area (Å²) < 4.78 is 42.0. The molecule has 11 heteroatoms. The van der Waals surface area contributed by atoms with Crippen molar-refractivity contribution < 1.29 is 58.9 Å². The van der Waals surface area contributed by atoms with Crippen molar-refractivity contribution in [3.8, 4) is 17.2 Å². The van der Waals surface area contributed by atoms with Gasteiger partial charge in [0.05, 0.1) is 53.1 Å². The van der Waals surface area contributed by atoms with Crippen LogP contribution in [0.3, 0.4) is 0 Å². The molecule has 0 spiro atoms. The van der Waals surface area contributed by atoms with Gasteiger partial charge >= 0.3 is 29.6 Å². The molecule has 0 radical (unpaired) electrons. The Bertz CT molecular complexity index is 1200. The quantitative estimate of drug-likeness (QED) is 0.479. The van der Waals surface area contributed by atoms with Crippen molar-refractivity contribution in [2.24, 2.45) is 5.92 Å². The first-order valence-corrected chi connectivity index (χ1v) is 12.6. The van der Waals surface area contributed by atoms with E-state index in [1.54, 1.807) is 6.20 Å². The van der Waals surface area contributed by atoms with Crippen LogP contribution in [0.25, 0.3) is 11.0 Å². The number of aromatic nitrogens is 3. The number of hydrogen-bond donors (Lipinski definition) is 1. The van der Waals surface area contributed by atoms with E-state index in [0.717, 1.165) is 22.4 Å². The predicted octanol–water partition coefficient (Wildman–Crippen LogP) is 0.548. The van der Waals surface area contributed by atoms with E-state index < -0.39 is 16.6 Å². The topological polar surface area (TPSA) is 105 Å². The van der Waals surface area contributed by atoms with Crippen molar-refractivity contribution in [3.63, 3.8) is 0 Å². The molecule has 1 atom stereocenters. The van der Waals surface area contributed by atoms with Crippen molar-refractivity contribution in [3.05, 3.63) is 35.2 Å². The number of fused-ring (bicyclic) bond motifs is 2. The molecule has 1 saturated heterocycles. The van der Waals surface area contributed by atoms with Gasteiger partial charge in [0.2, 0.25) is 0 Å². The largest absolute Gasteiger partial charge is 1.00 e. The third kappa shape index (κ3) is 5.84. The molecule has 2 aliphatic heterocycles. The molecule has 35 heavy (non-hydrogen) atoms. The minimum Gasteiger partial charge on any atom is -1.00 e. The summed E-state index contributed by atoms with van der Waals surface area (Å²) in [5.74, 6) is 1.89. The second-order valence-corrected chi connectivity index (χ2v) is 10.5. The van der Waals surface area contributed by atoms with Gasteiger partial charge in [-0.15, -0.1) is 0 Å². The summed E-state index contributed by atoms with van der Waals surface area (Å²) in [6.45, 7) is 10.4. The van der Waals surface area contributed by atoms with Gasteiger partial charge in [-0.3, -0.25) is 9.19 Å². The number of hydrogen-bond acceptors (Lipinski definition) is 8. The van der Waals surface area contributed by atoms with E-state index in [1.165, 1.54) is 0 Å². The van der Waals surface area contributed by atoms with Crippen molar-refractivity contribution in [1.29, 1.82) is 0 Å². The van der Waals surface area contributed by atoms with E-state index in [4.69, 9.17) is 23.7 Å². The molecular weight excluding hydrogens is 481 g/mol. The summed E-state index contributed by atoms with van der Waals surface area (Å²) in [5.41, 5.74) is 3.96. The molecule has 0 aliphatic carbocycles. The molecule has 1 aromatic carbocycles. The Balaban J connectivity index is 0.00000180. The van der Waals surface area contributed by atoms with E-state index >= 15 is 0 Å². The van der Waals surface area contributed by atoms with Crippen molar-refractivity contribution in [1.82, 2.24) is 15.0 Å². The van der Waals surface area contributed by atoms with Crippen LogP contribution in [-0.4, -0.2) is 58.0 Å². The Morgan fingerprint density at radius 2 is 1.86 bits per heavy atom. The number of aromatic amines is 1. The first-order valence-electron chi connectivity index (χ1n) is 11.3. The number of pyridine rings is 1. The SMILES string of the molecule is Cc1cnc(CS(=O)c2nc3cc4c(cc3[nH]2)OCCO4)c(C)c1OCC1COC(C)(C)OC1.[H-].[Na+]. The number of nitrogens with zero attached hydrogens (tertiary/aromatic N) is 2. The summed E-state index contributed by atoms with van der Waals surface area (Å²) in [6.07, 6.45) is 1.76. The normalized spacial score (nSPS) is 18.2. The summed E-state index contributed by atoms with van der Waals surface area (Å²) in [5, 5.41) is 0.390. The van der Waals surface area contributed by atoms with Crippen LogP contribution in [0.1, 0.15) is 32.1 Å². The molecule has 3 aromatic rings. The fourth-order valence-electron chi connectivity index (χ4n) is 3.97. The third-order valence-electron chi connectivity index (χ3n) is 5.95. The first kappa shape index (κ1) is 26.4. The number of benzene rings is 1. The molecule has 5 rings (SSSR count). The zero-order valence-corrected chi connectivity index (χ0v) is 23.6. The molecule has 9 nitrogen and oxygen atoms in total. The monoisotopic (exact) mass is 511 g/mol. The van der Waals surface area contributed by atoms with Gasteiger partial charge in [-0.25, -0.2) is 4.98 Å². The fourth-order valence-corrected chi connectivity index (χ4v) is 5.07. The molecule has 2 aliphatic rings. The van der Waals surface area contributed by atoms with Gasteiger partial charge in [-0.1, -0.05) is 0 Å². The van der Waals surface area contributed by atoms with Gasteiger partial charge in [0, 0.05) is 35.4 Å². The average molecular weight is 512 g/mol. The molecule has 1 unspecified atom stereocenters. The van der Waals surface area contributed by atoms with Gasteiger partial charge in [0.25, 0.3) is 0 Å². The van der Waals surface area contributed by atoms with Gasteiger partial charge < -0.3 is 30.1 Å². The molecular formula is C24H30N3NaO6S. The van der Waals surface area contributed by atoms with Gasteiger partial charge in [-0.05, 0) is 27.7 Å². The number of imidazole rings is 1. The van der Waals surface area contributed by atoms with E-state index in [2.05, 4.69) is 15.0 Å². The zero-order chi connectivity index (χ0) is 23.9.